The van der Waals surface area contributed by atoms with Crippen LogP contribution in [0.15, 0.2) is 35.4 Å². The summed E-state index contributed by atoms with van der Waals surface area (Å²) in [5, 5.41) is 3.26. The third-order valence-corrected chi connectivity index (χ3v) is 5.29. The molecule has 4 aromatic rings. The van der Waals surface area contributed by atoms with Crippen molar-refractivity contribution in [2.24, 2.45) is 0 Å². The molecule has 8 heteroatoms. The van der Waals surface area contributed by atoms with Crippen LogP contribution in [0.1, 0.15) is 34.3 Å². The largest absolute Gasteiger partial charge is 0.455 e. The van der Waals surface area contributed by atoms with Crippen molar-refractivity contribution in [3.8, 4) is 11.1 Å². The van der Waals surface area contributed by atoms with Crippen molar-refractivity contribution in [3.05, 3.63) is 57.9 Å². The minimum Gasteiger partial charge on any atom is -0.455 e. The Hall–Kier alpha value is -2.70. The van der Waals surface area contributed by atoms with Crippen LogP contribution in [-0.4, -0.2) is 20.9 Å². The van der Waals surface area contributed by atoms with Gasteiger partial charge in [0.05, 0.1) is 22.5 Å². The predicted octanol–water partition coefficient (Wildman–Crippen LogP) is 4.75. The number of rotatable bonds is 3. The Balaban J connectivity index is 1.61. The summed E-state index contributed by atoms with van der Waals surface area (Å²) in [7, 11) is 0. The van der Waals surface area contributed by atoms with Crippen LogP contribution in [-0.2, 0) is 0 Å². The van der Waals surface area contributed by atoms with E-state index in [1.165, 1.54) is 12.5 Å². The molecule has 0 saturated heterocycles. The zero-order chi connectivity index (χ0) is 18.0. The first-order valence-corrected chi connectivity index (χ1v) is 8.61. The number of carbonyl (C=O) groups excluding carboxylic acids is 1. The molecule has 0 aromatic carbocycles. The quantitative estimate of drug-likeness (QED) is 0.515. The lowest BCUT2D eigenvalue weighted by molar-refractivity contribution is 0.102. The number of anilines is 1. The zero-order valence-electron chi connectivity index (χ0n) is 13.4. The highest BCUT2D eigenvalue weighted by Crippen LogP contribution is 2.57. The second-order valence-electron chi connectivity index (χ2n) is 6.14. The fraction of sp³-hybridized carbons (Fsp3) is 0.111. The summed E-state index contributed by atoms with van der Waals surface area (Å²) in [5.74, 6) is 0.00464. The number of nitrogens with zero attached hydrogens (tertiary/aromatic N) is 3. The van der Waals surface area contributed by atoms with Crippen LogP contribution < -0.4 is 5.32 Å². The van der Waals surface area contributed by atoms with E-state index in [0.29, 0.717) is 28.3 Å². The Morgan fingerprint density at radius 2 is 1.88 bits per heavy atom. The van der Waals surface area contributed by atoms with E-state index in [0.717, 1.165) is 22.3 Å². The van der Waals surface area contributed by atoms with E-state index in [9.17, 15) is 4.79 Å². The molecule has 26 heavy (non-hydrogen) atoms. The first-order valence-electron chi connectivity index (χ1n) is 7.85. The van der Waals surface area contributed by atoms with E-state index in [1.807, 2.05) is 0 Å². The number of hydrogen-bond acceptors (Lipinski definition) is 5. The molecule has 0 fully saturated rings. The molecule has 0 radical (unpaired) electrons. The molecule has 0 saturated carbocycles. The molecule has 0 aliphatic heterocycles. The molecule has 1 atom stereocenters. The summed E-state index contributed by atoms with van der Waals surface area (Å²) in [6.07, 6.45) is 6.23. The molecule has 4 aromatic heterocycles. The number of benzene rings is 1. The van der Waals surface area contributed by atoms with Crippen LogP contribution >= 0.6 is 23.2 Å². The Morgan fingerprint density at radius 3 is 2.62 bits per heavy atom. The zero-order valence-corrected chi connectivity index (χ0v) is 14.9. The molecule has 5 rings (SSSR count). The number of carbonyl (C=O) groups is 1. The second kappa shape index (κ2) is 5.40. The van der Waals surface area contributed by atoms with Gasteiger partial charge in [-0.2, -0.15) is 0 Å². The normalized spacial score (nSPS) is 15.3. The molecular formula is C18H10Cl2N4O2. The van der Waals surface area contributed by atoms with Gasteiger partial charge in [0.25, 0.3) is 5.91 Å². The van der Waals surface area contributed by atoms with Crippen molar-refractivity contribution in [3.63, 3.8) is 0 Å². The molecule has 6 nitrogen and oxygen atoms in total. The summed E-state index contributed by atoms with van der Waals surface area (Å²) in [6, 6.07) is 1.55. The molecule has 4 heterocycles. The maximum Gasteiger partial charge on any atom is 0.260 e. The summed E-state index contributed by atoms with van der Waals surface area (Å²) >= 11 is 11.8. The molecule has 2 bridgehead atoms. The van der Waals surface area contributed by atoms with Gasteiger partial charge in [-0.1, -0.05) is 30.1 Å². The van der Waals surface area contributed by atoms with Crippen LogP contribution in [0.2, 0.25) is 10.2 Å². The van der Waals surface area contributed by atoms with E-state index in [-0.39, 0.29) is 16.1 Å². The van der Waals surface area contributed by atoms with Crippen LogP contribution in [0.4, 0.5) is 5.69 Å². The topological polar surface area (TPSA) is 80.9 Å². The number of halogens is 2. The van der Waals surface area contributed by atoms with Crippen molar-refractivity contribution in [1.82, 2.24) is 15.0 Å². The molecule has 1 N–H and O–H groups in total. The van der Waals surface area contributed by atoms with Gasteiger partial charge in [0, 0.05) is 40.6 Å². The fourth-order valence-electron chi connectivity index (χ4n) is 3.39. The highest BCUT2D eigenvalue weighted by molar-refractivity contribution is 6.41. The van der Waals surface area contributed by atoms with Gasteiger partial charge in [-0.15, -0.1) is 0 Å². The minimum absolute atomic E-state index is 0.181. The first kappa shape index (κ1) is 15.5. The van der Waals surface area contributed by atoms with Gasteiger partial charge in [-0.05, 0) is 6.07 Å². The molecule has 0 unspecified atom stereocenters. The summed E-state index contributed by atoms with van der Waals surface area (Å²) < 4.78 is 5.89. The van der Waals surface area contributed by atoms with Gasteiger partial charge >= 0.3 is 0 Å². The third-order valence-electron chi connectivity index (χ3n) is 4.60. The Morgan fingerprint density at radius 1 is 1.15 bits per heavy atom. The van der Waals surface area contributed by atoms with E-state index >= 15 is 0 Å². The van der Waals surface area contributed by atoms with Crippen molar-refractivity contribution < 1.29 is 9.21 Å². The maximum absolute atomic E-state index is 13.0. The predicted molar refractivity (Wildman–Crippen MR) is 98.2 cm³/mol. The molecular weight excluding hydrogens is 375 g/mol. The van der Waals surface area contributed by atoms with Crippen LogP contribution in [0.5, 0.6) is 0 Å². The number of amides is 1. The van der Waals surface area contributed by atoms with Crippen LogP contribution in [0.3, 0.4) is 0 Å². The molecule has 128 valence electrons. The molecule has 1 amide bonds. The van der Waals surface area contributed by atoms with Crippen molar-refractivity contribution >= 4 is 46.0 Å². The Bertz CT molecular complexity index is 1170. The molecule has 1 aliphatic rings. The van der Waals surface area contributed by atoms with Gasteiger partial charge in [-0.3, -0.25) is 4.79 Å². The lowest BCUT2D eigenvalue weighted by atomic mass is 10.0. The summed E-state index contributed by atoms with van der Waals surface area (Å²) in [5.41, 5.74) is 5.98. The van der Waals surface area contributed by atoms with E-state index < -0.39 is 0 Å². The average Bonchev–Trinajstić information content (AvgIpc) is 3.02. The Kier molecular flexibility index (Phi) is 3.23. The number of pyridine rings is 1. The lowest BCUT2D eigenvalue weighted by Crippen LogP contribution is -2.13. The Labute approximate surface area is 157 Å². The van der Waals surface area contributed by atoms with Crippen LogP contribution in [0.25, 0.3) is 22.3 Å². The molecule has 0 spiro atoms. The highest BCUT2D eigenvalue weighted by Gasteiger charge is 2.44. The van der Waals surface area contributed by atoms with E-state index in [1.54, 1.807) is 18.5 Å². The van der Waals surface area contributed by atoms with Gasteiger partial charge in [0.15, 0.2) is 0 Å². The SMILES string of the molecule is C[C@H]1c2c1c1oc2c(C(=O)Nc2cnc(Cl)c(Cl)c2)c1-c1cncnc1. The monoisotopic (exact) mass is 384 g/mol. The second-order valence-corrected chi connectivity index (χ2v) is 6.90. The van der Waals surface area contributed by atoms with Crippen molar-refractivity contribution in [2.45, 2.75) is 12.8 Å². The fourth-order valence-corrected chi connectivity index (χ4v) is 3.66. The van der Waals surface area contributed by atoms with Gasteiger partial charge in [0.1, 0.15) is 22.6 Å². The standard InChI is InChI=1S/C18H10Cl2N4O2/c1-7-11-12(7)16-14(13(15(11)26-16)8-3-21-6-22-4-8)18(25)24-9-2-10(19)17(20)23-5-9/h2-7H,1H3,(H,24,25)/t7-/m1/s1. The minimum atomic E-state index is -0.306. The number of furan rings is 2. The number of hydrogen-bond donors (Lipinski definition) is 1. The third kappa shape index (κ3) is 2.12. The van der Waals surface area contributed by atoms with Crippen molar-refractivity contribution in [1.29, 1.82) is 0 Å². The van der Waals surface area contributed by atoms with Gasteiger partial charge in [-0.25, -0.2) is 15.0 Å². The maximum atomic E-state index is 13.0. The van der Waals surface area contributed by atoms with E-state index in [2.05, 4.69) is 27.2 Å². The summed E-state index contributed by atoms with van der Waals surface area (Å²) in [4.78, 5) is 25.1. The van der Waals surface area contributed by atoms with Gasteiger partial charge < -0.3 is 9.73 Å². The van der Waals surface area contributed by atoms with Crippen molar-refractivity contribution in [2.75, 3.05) is 5.32 Å². The van der Waals surface area contributed by atoms with Gasteiger partial charge in [0.2, 0.25) is 0 Å². The number of nitrogens with one attached hydrogen (secondary N) is 1. The summed E-state index contributed by atoms with van der Waals surface area (Å²) in [6.45, 7) is 2.09. The highest BCUT2D eigenvalue weighted by atomic mass is 35.5. The van der Waals surface area contributed by atoms with Crippen LogP contribution in [0, 0.1) is 0 Å². The average molecular weight is 385 g/mol. The smallest absolute Gasteiger partial charge is 0.260 e. The first-order chi connectivity index (χ1) is 12.6. The number of aromatic nitrogens is 3. The van der Waals surface area contributed by atoms with E-state index in [4.69, 9.17) is 27.6 Å². The molecule has 1 aliphatic carbocycles. The number of fused-ring (bicyclic) bond motifs is 5. The lowest BCUT2D eigenvalue weighted by Gasteiger charge is -2.07.